The van der Waals surface area contributed by atoms with Crippen LogP contribution in [0.2, 0.25) is 0 Å². The number of aliphatic hydroxyl groups is 1. The number of hydrogen-bond donors (Lipinski definition) is 1. The third-order valence-electron chi connectivity index (χ3n) is 1.47. The van der Waals surface area contributed by atoms with Crippen molar-refractivity contribution in [3.8, 4) is 0 Å². The second kappa shape index (κ2) is 2.21. The van der Waals surface area contributed by atoms with E-state index >= 15 is 0 Å². The molecule has 0 bridgehead atoms. The van der Waals surface area contributed by atoms with Crippen molar-refractivity contribution in [1.29, 1.82) is 0 Å². The molecule has 0 aromatic rings. The van der Waals surface area contributed by atoms with Gasteiger partial charge < -0.3 is 5.11 Å². The van der Waals surface area contributed by atoms with Gasteiger partial charge in [0.15, 0.2) is 5.83 Å². The predicted octanol–water partition coefficient (Wildman–Crippen LogP) is 2.32. The van der Waals surface area contributed by atoms with Gasteiger partial charge in [0.05, 0.1) is 0 Å². The van der Waals surface area contributed by atoms with Crippen LogP contribution in [0.15, 0.2) is 23.7 Å². The monoisotopic (exact) mass is 128 g/mol. The molecule has 0 radical (unpaired) electrons. The molecule has 9 heavy (non-hydrogen) atoms. The average molecular weight is 128 g/mol. The van der Waals surface area contributed by atoms with E-state index in [2.05, 4.69) is 0 Å². The lowest BCUT2D eigenvalue weighted by Crippen LogP contribution is -2.02. The summed E-state index contributed by atoms with van der Waals surface area (Å²) in [6, 6.07) is 0. The van der Waals surface area contributed by atoms with Gasteiger partial charge in [0.25, 0.3) is 0 Å². The lowest BCUT2D eigenvalue weighted by atomic mass is 10.0. The number of halogens is 1. The van der Waals surface area contributed by atoms with E-state index in [4.69, 9.17) is 5.11 Å². The summed E-state index contributed by atoms with van der Waals surface area (Å²) in [4.78, 5) is 0. The molecule has 1 aliphatic carbocycles. The maximum Gasteiger partial charge on any atom is 0.160 e. The van der Waals surface area contributed by atoms with Gasteiger partial charge in [0.2, 0.25) is 0 Å². The van der Waals surface area contributed by atoms with Crippen molar-refractivity contribution in [2.45, 2.75) is 13.3 Å². The Bertz CT molecular complexity index is 170. The fourth-order valence-corrected chi connectivity index (χ4v) is 0.808. The maximum atomic E-state index is 12.4. The Morgan fingerprint density at radius 3 is 2.89 bits per heavy atom. The van der Waals surface area contributed by atoms with E-state index in [1.807, 2.05) is 0 Å². The number of hydrogen-bond acceptors (Lipinski definition) is 1. The minimum absolute atomic E-state index is 0.0463. The minimum atomic E-state index is -0.492. The van der Waals surface area contributed by atoms with Crippen LogP contribution in [0.25, 0.3) is 0 Å². The van der Waals surface area contributed by atoms with Crippen LogP contribution in [0.5, 0.6) is 0 Å². The van der Waals surface area contributed by atoms with Crippen LogP contribution < -0.4 is 0 Å². The summed E-state index contributed by atoms with van der Waals surface area (Å²) in [5.74, 6) is -0.652. The molecule has 1 nitrogen and oxygen atoms in total. The third kappa shape index (κ3) is 1.12. The van der Waals surface area contributed by atoms with Gasteiger partial charge in [-0.15, -0.1) is 0 Å². The lowest BCUT2D eigenvalue weighted by Gasteiger charge is -2.11. The van der Waals surface area contributed by atoms with Gasteiger partial charge in [-0.05, 0) is 12.5 Å². The summed E-state index contributed by atoms with van der Waals surface area (Å²) in [7, 11) is 0. The quantitative estimate of drug-likeness (QED) is 0.530. The highest BCUT2D eigenvalue weighted by molar-refractivity contribution is 5.20. The predicted molar refractivity (Wildman–Crippen MR) is 33.7 cm³/mol. The molecule has 1 atom stereocenters. The van der Waals surface area contributed by atoms with Crippen LogP contribution in [-0.2, 0) is 0 Å². The van der Waals surface area contributed by atoms with Gasteiger partial charge in [-0.1, -0.05) is 13.0 Å². The number of allylic oxidation sites excluding steroid dienone is 4. The maximum absolute atomic E-state index is 12.4. The van der Waals surface area contributed by atoms with Gasteiger partial charge in [-0.25, -0.2) is 4.39 Å². The molecule has 0 saturated carbocycles. The van der Waals surface area contributed by atoms with Crippen LogP contribution >= 0.6 is 0 Å². The topological polar surface area (TPSA) is 20.2 Å². The van der Waals surface area contributed by atoms with E-state index in [9.17, 15) is 4.39 Å². The molecule has 1 N–H and O–H groups in total. The zero-order valence-electron chi connectivity index (χ0n) is 5.26. The van der Waals surface area contributed by atoms with Gasteiger partial charge in [0.1, 0.15) is 5.76 Å². The van der Waals surface area contributed by atoms with E-state index < -0.39 is 5.83 Å². The first-order valence-electron chi connectivity index (χ1n) is 2.97. The standard InChI is InChI=1S/C7H9FO/c1-5-3-2-4-6(8)7(5)9/h2,4-5,9H,3H2,1H3. The Labute approximate surface area is 53.5 Å². The molecule has 0 aliphatic heterocycles. The van der Waals surface area contributed by atoms with Crippen LogP contribution in [0, 0.1) is 5.92 Å². The van der Waals surface area contributed by atoms with Crippen molar-refractivity contribution >= 4 is 0 Å². The first-order chi connectivity index (χ1) is 4.22. The van der Waals surface area contributed by atoms with Crippen molar-refractivity contribution in [2.24, 2.45) is 5.92 Å². The molecular formula is C7H9FO. The molecule has 1 rings (SSSR count). The van der Waals surface area contributed by atoms with Crippen molar-refractivity contribution in [1.82, 2.24) is 0 Å². The molecule has 0 aromatic heterocycles. The molecule has 0 fully saturated rings. The largest absolute Gasteiger partial charge is 0.509 e. The molecule has 0 saturated heterocycles. The molecule has 0 heterocycles. The average Bonchev–Trinajstić information content (AvgIpc) is 1.83. The van der Waals surface area contributed by atoms with Crippen molar-refractivity contribution in [3.63, 3.8) is 0 Å². The molecule has 2 heteroatoms. The minimum Gasteiger partial charge on any atom is -0.509 e. The summed E-state index contributed by atoms with van der Waals surface area (Å²) in [5.41, 5.74) is 0. The Hall–Kier alpha value is -0.790. The van der Waals surface area contributed by atoms with Gasteiger partial charge in [-0.2, -0.15) is 0 Å². The van der Waals surface area contributed by atoms with Crippen LogP contribution in [0.3, 0.4) is 0 Å². The van der Waals surface area contributed by atoms with E-state index in [1.54, 1.807) is 13.0 Å². The molecular weight excluding hydrogens is 119 g/mol. The van der Waals surface area contributed by atoms with Crippen LogP contribution in [0.1, 0.15) is 13.3 Å². The molecule has 0 amide bonds. The Morgan fingerprint density at radius 2 is 2.44 bits per heavy atom. The van der Waals surface area contributed by atoms with E-state index in [1.165, 1.54) is 6.08 Å². The highest BCUT2D eigenvalue weighted by Crippen LogP contribution is 2.22. The van der Waals surface area contributed by atoms with E-state index in [0.29, 0.717) is 0 Å². The summed E-state index contributed by atoms with van der Waals surface area (Å²) in [5, 5.41) is 8.90. The normalized spacial score (nSPS) is 27.1. The Balaban J connectivity index is 2.83. The van der Waals surface area contributed by atoms with Crippen molar-refractivity contribution < 1.29 is 9.50 Å². The Morgan fingerprint density at radius 1 is 1.78 bits per heavy atom. The van der Waals surface area contributed by atoms with E-state index in [-0.39, 0.29) is 11.7 Å². The summed E-state index contributed by atoms with van der Waals surface area (Å²) < 4.78 is 12.4. The zero-order chi connectivity index (χ0) is 6.85. The van der Waals surface area contributed by atoms with E-state index in [0.717, 1.165) is 6.42 Å². The molecule has 1 unspecified atom stereocenters. The fraction of sp³-hybridized carbons (Fsp3) is 0.429. The van der Waals surface area contributed by atoms with Crippen LogP contribution in [-0.4, -0.2) is 5.11 Å². The smallest absolute Gasteiger partial charge is 0.160 e. The highest BCUT2D eigenvalue weighted by Gasteiger charge is 2.13. The highest BCUT2D eigenvalue weighted by atomic mass is 19.1. The third-order valence-corrected chi connectivity index (χ3v) is 1.47. The first kappa shape index (κ1) is 6.33. The second-order valence-electron chi connectivity index (χ2n) is 2.27. The summed E-state index contributed by atoms with van der Waals surface area (Å²) in [6.07, 6.45) is 3.76. The van der Waals surface area contributed by atoms with Crippen LogP contribution in [0.4, 0.5) is 4.39 Å². The SMILES string of the molecule is CC1CC=CC(F)=C1O. The summed E-state index contributed by atoms with van der Waals surface area (Å²) in [6.45, 7) is 1.79. The molecule has 0 aromatic carbocycles. The van der Waals surface area contributed by atoms with Gasteiger partial charge >= 0.3 is 0 Å². The second-order valence-corrected chi connectivity index (χ2v) is 2.27. The lowest BCUT2D eigenvalue weighted by molar-refractivity contribution is 0.315. The molecule has 0 spiro atoms. The number of rotatable bonds is 0. The first-order valence-corrected chi connectivity index (χ1v) is 2.97. The van der Waals surface area contributed by atoms with Crippen molar-refractivity contribution in [3.05, 3.63) is 23.7 Å². The van der Waals surface area contributed by atoms with Crippen molar-refractivity contribution in [2.75, 3.05) is 0 Å². The Kier molecular flexibility index (Phi) is 1.56. The van der Waals surface area contributed by atoms with Gasteiger partial charge in [-0.3, -0.25) is 0 Å². The van der Waals surface area contributed by atoms with Gasteiger partial charge in [0, 0.05) is 5.92 Å². The fourth-order valence-electron chi connectivity index (χ4n) is 0.808. The summed E-state index contributed by atoms with van der Waals surface area (Å²) >= 11 is 0. The molecule has 1 aliphatic rings. The zero-order valence-corrected chi connectivity index (χ0v) is 5.26. The number of aliphatic hydroxyl groups excluding tert-OH is 1. The molecule has 50 valence electrons.